The highest BCUT2D eigenvalue weighted by Crippen LogP contribution is 2.31. The minimum Gasteiger partial charge on any atom is -0.497 e. The van der Waals surface area contributed by atoms with Crippen molar-refractivity contribution in [2.24, 2.45) is 0 Å². The number of aromatic nitrogens is 4. The molecule has 0 aliphatic rings. The van der Waals surface area contributed by atoms with E-state index in [4.69, 9.17) is 14.0 Å². The number of hydrogen-bond donors (Lipinski definition) is 0. The number of ether oxygens (including phenoxy) is 2. The van der Waals surface area contributed by atoms with Crippen LogP contribution < -0.4 is 15.0 Å². The van der Waals surface area contributed by atoms with Gasteiger partial charge in [-0.05, 0) is 23.6 Å². The lowest BCUT2D eigenvalue weighted by atomic mass is 10.2. The Bertz CT molecular complexity index is 1130. The van der Waals surface area contributed by atoms with Crippen LogP contribution in [0.4, 0.5) is 0 Å². The van der Waals surface area contributed by atoms with E-state index in [2.05, 4.69) is 15.1 Å². The molecule has 0 amide bonds. The first-order valence-electron chi connectivity index (χ1n) is 7.67. The van der Waals surface area contributed by atoms with E-state index in [9.17, 15) is 4.79 Å². The Hall–Kier alpha value is -3.20. The zero-order valence-electron chi connectivity index (χ0n) is 14.0. The minimum absolute atomic E-state index is 0.133. The van der Waals surface area contributed by atoms with Gasteiger partial charge in [-0.25, -0.2) is 4.98 Å². The van der Waals surface area contributed by atoms with Gasteiger partial charge in [0.1, 0.15) is 22.7 Å². The molecule has 0 aliphatic heterocycles. The molecule has 4 aromatic rings. The van der Waals surface area contributed by atoms with E-state index in [1.165, 1.54) is 22.2 Å². The Labute approximate surface area is 151 Å². The summed E-state index contributed by atoms with van der Waals surface area (Å²) >= 11 is 1.36. The molecule has 0 aliphatic carbocycles. The van der Waals surface area contributed by atoms with Gasteiger partial charge in [-0.15, -0.1) is 11.3 Å². The number of methoxy groups -OCH3 is 2. The summed E-state index contributed by atoms with van der Waals surface area (Å²) in [4.78, 5) is 21.1. The van der Waals surface area contributed by atoms with Crippen molar-refractivity contribution in [2.75, 3.05) is 14.2 Å². The van der Waals surface area contributed by atoms with Crippen molar-refractivity contribution in [1.82, 2.24) is 19.7 Å². The second-order valence-corrected chi connectivity index (χ2v) is 6.31. The van der Waals surface area contributed by atoms with Crippen LogP contribution in [0.2, 0.25) is 0 Å². The highest BCUT2D eigenvalue weighted by Gasteiger charge is 2.15. The Morgan fingerprint density at radius 2 is 2.12 bits per heavy atom. The predicted octanol–water partition coefficient (Wildman–Crippen LogP) is 2.57. The topological polar surface area (TPSA) is 92.3 Å². The summed E-state index contributed by atoms with van der Waals surface area (Å²) < 4.78 is 17.9. The molecule has 0 radical (unpaired) electrons. The molecule has 0 unspecified atom stereocenters. The summed E-state index contributed by atoms with van der Waals surface area (Å²) in [7, 11) is 3.14. The van der Waals surface area contributed by atoms with Crippen LogP contribution in [-0.4, -0.2) is 33.9 Å². The van der Waals surface area contributed by atoms with Crippen molar-refractivity contribution in [1.29, 1.82) is 0 Å². The molecular weight excluding hydrogens is 356 g/mol. The first kappa shape index (κ1) is 16.3. The van der Waals surface area contributed by atoms with Crippen LogP contribution in [-0.2, 0) is 6.54 Å². The molecule has 0 spiro atoms. The second kappa shape index (κ2) is 6.60. The molecule has 8 nitrogen and oxygen atoms in total. The van der Waals surface area contributed by atoms with E-state index < -0.39 is 0 Å². The summed E-state index contributed by atoms with van der Waals surface area (Å²) in [5.41, 5.74) is 1.22. The SMILES string of the molecule is COc1ccc(-c2noc(Cn3cnc4ccsc4c3=O)n2)c(OC)c1. The molecule has 0 atom stereocenters. The maximum absolute atomic E-state index is 12.5. The zero-order chi connectivity index (χ0) is 18.1. The van der Waals surface area contributed by atoms with Crippen molar-refractivity contribution in [2.45, 2.75) is 6.54 Å². The van der Waals surface area contributed by atoms with Crippen LogP contribution in [0.1, 0.15) is 5.89 Å². The van der Waals surface area contributed by atoms with E-state index in [0.29, 0.717) is 39.0 Å². The van der Waals surface area contributed by atoms with E-state index in [1.54, 1.807) is 32.4 Å². The maximum Gasteiger partial charge on any atom is 0.271 e. The Morgan fingerprint density at radius 3 is 2.92 bits per heavy atom. The lowest BCUT2D eigenvalue weighted by Gasteiger charge is -2.07. The summed E-state index contributed by atoms with van der Waals surface area (Å²) in [5, 5.41) is 5.83. The van der Waals surface area contributed by atoms with Crippen LogP contribution in [0, 0.1) is 0 Å². The van der Waals surface area contributed by atoms with Gasteiger partial charge in [0.25, 0.3) is 5.56 Å². The fraction of sp³-hybridized carbons (Fsp3) is 0.176. The van der Waals surface area contributed by atoms with Gasteiger partial charge in [-0.3, -0.25) is 9.36 Å². The molecule has 0 saturated carbocycles. The lowest BCUT2D eigenvalue weighted by Crippen LogP contribution is -2.20. The summed E-state index contributed by atoms with van der Waals surface area (Å²) in [6.07, 6.45) is 1.48. The number of nitrogens with zero attached hydrogens (tertiary/aromatic N) is 4. The third-order valence-electron chi connectivity index (χ3n) is 3.86. The number of benzene rings is 1. The Kier molecular flexibility index (Phi) is 4.13. The number of thiophene rings is 1. The quantitative estimate of drug-likeness (QED) is 0.533. The predicted molar refractivity (Wildman–Crippen MR) is 95.8 cm³/mol. The van der Waals surface area contributed by atoms with Crippen LogP contribution in [0.3, 0.4) is 0 Å². The van der Waals surface area contributed by atoms with Crippen molar-refractivity contribution < 1.29 is 14.0 Å². The molecule has 0 fully saturated rings. The van der Waals surface area contributed by atoms with Gasteiger partial charge >= 0.3 is 0 Å². The van der Waals surface area contributed by atoms with Gasteiger partial charge < -0.3 is 14.0 Å². The van der Waals surface area contributed by atoms with E-state index >= 15 is 0 Å². The smallest absolute Gasteiger partial charge is 0.271 e. The van der Waals surface area contributed by atoms with Gasteiger partial charge in [-0.1, -0.05) is 5.16 Å². The second-order valence-electron chi connectivity index (χ2n) is 5.39. The van der Waals surface area contributed by atoms with Crippen molar-refractivity contribution in [3.05, 3.63) is 52.2 Å². The van der Waals surface area contributed by atoms with Gasteiger partial charge in [0.15, 0.2) is 0 Å². The third-order valence-corrected chi connectivity index (χ3v) is 4.75. The molecule has 3 heterocycles. The number of rotatable bonds is 5. The van der Waals surface area contributed by atoms with Crippen molar-refractivity contribution >= 4 is 21.6 Å². The molecule has 26 heavy (non-hydrogen) atoms. The molecule has 0 N–H and O–H groups in total. The first-order valence-corrected chi connectivity index (χ1v) is 8.55. The zero-order valence-corrected chi connectivity index (χ0v) is 14.8. The van der Waals surface area contributed by atoms with Crippen LogP contribution >= 0.6 is 11.3 Å². The summed E-state index contributed by atoms with van der Waals surface area (Å²) in [6, 6.07) is 7.13. The van der Waals surface area contributed by atoms with E-state index in [1.807, 2.05) is 11.4 Å². The average molecular weight is 370 g/mol. The molecule has 3 aromatic heterocycles. The van der Waals surface area contributed by atoms with Gasteiger partial charge in [0.2, 0.25) is 11.7 Å². The minimum atomic E-state index is -0.133. The number of hydrogen-bond acceptors (Lipinski definition) is 8. The molecule has 4 rings (SSSR count). The lowest BCUT2D eigenvalue weighted by molar-refractivity contribution is 0.369. The molecule has 132 valence electrons. The van der Waals surface area contributed by atoms with Gasteiger partial charge in [-0.2, -0.15) is 4.98 Å². The standard InChI is InChI=1S/C17H14N4O4S/c1-23-10-3-4-11(13(7-10)24-2)16-19-14(25-20-16)8-21-9-18-12-5-6-26-15(12)17(21)22/h3-7,9H,8H2,1-2H3. The van der Waals surface area contributed by atoms with Crippen LogP contribution in [0.15, 0.2) is 45.3 Å². The molecule has 0 saturated heterocycles. The fourth-order valence-electron chi connectivity index (χ4n) is 2.55. The van der Waals surface area contributed by atoms with E-state index in [-0.39, 0.29) is 12.1 Å². The highest BCUT2D eigenvalue weighted by atomic mass is 32.1. The molecule has 1 aromatic carbocycles. The third kappa shape index (κ3) is 2.82. The Morgan fingerprint density at radius 1 is 1.23 bits per heavy atom. The largest absolute Gasteiger partial charge is 0.497 e. The normalized spacial score (nSPS) is 11.0. The summed E-state index contributed by atoms with van der Waals surface area (Å²) in [5.74, 6) is 1.90. The molecular formula is C17H14N4O4S. The van der Waals surface area contributed by atoms with Crippen molar-refractivity contribution in [3.63, 3.8) is 0 Å². The fourth-order valence-corrected chi connectivity index (χ4v) is 3.34. The maximum atomic E-state index is 12.5. The Balaban J connectivity index is 1.66. The molecule has 0 bridgehead atoms. The van der Waals surface area contributed by atoms with Crippen LogP contribution in [0.25, 0.3) is 21.6 Å². The van der Waals surface area contributed by atoms with Gasteiger partial charge in [0, 0.05) is 6.07 Å². The van der Waals surface area contributed by atoms with Gasteiger partial charge in [0.05, 0.1) is 31.6 Å². The van der Waals surface area contributed by atoms with Crippen LogP contribution in [0.5, 0.6) is 11.5 Å². The monoisotopic (exact) mass is 370 g/mol. The van der Waals surface area contributed by atoms with E-state index in [0.717, 1.165) is 0 Å². The first-order chi connectivity index (χ1) is 12.7. The summed E-state index contributed by atoms with van der Waals surface area (Å²) in [6.45, 7) is 0.144. The molecule has 9 heteroatoms. The highest BCUT2D eigenvalue weighted by molar-refractivity contribution is 7.17. The van der Waals surface area contributed by atoms with Crippen molar-refractivity contribution in [3.8, 4) is 22.9 Å². The average Bonchev–Trinajstić information content (AvgIpc) is 3.33. The number of fused-ring (bicyclic) bond motifs is 1.